The Hall–Kier alpha value is -1.44. The molecular formula is C13H17FN2O. The predicted octanol–water partition coefficient (Wildman–Crippen LogP) is 1.95. The molecule has 0 aromatic heterocycles. The third-order valence-corrected chi connectivity index (χ3v) is 2.74. The van der Waals surface area contributed by atoms with Gasteiger partial charge in [-0.15, -0.1) is 0 Å². The standard InChI is InChI=1S/C13H17FN2O/c1-2-13(5-6-17)16-9-11-7-12(14)4-3-10(11)8-15/h3-4,7,13,16-17H,2,5-6,9H2,1H3. The smallest absolute Gasteiger partial charge is 0.123 e. The minimum Gasteiger partial charge on any atom is -0.396 e. The Bertz CT molecular complexity index is 401. The lowest BCUT2D eigenvalue weighted by molar-refractivity contribution is 0.262. The maximum atomic E-state index is 13.1. The van der Waals surface area contributed by atoms with Gasteiger partial charge < -0.3 is 10.4 Å². The van der Waals surface area contributed by atoms with Crippen LogP contribution in [-0.4, -0.2) is 17.8 Å². The van der Waals surface area contributed by atoms with Gasteiger partial charge in [0.2, 0.25) is 0 Å². The molecule has 1 aromatic carbocycles. The van der Waals surface area contributed by atoms with Crippen molar-refractivity contribution in [3.8, 4) is 6.07 Å². The van der Waals surface area contributed by atoms with Crippen molar-refractivity contribution in [1.82, 2.24) is 5.32 Å². The second-order valence-electron chi connectivity index (χ2n) is 3.91. The molecule has 0 aliphatic carbocycles. The first-order valence-corrected chi connectivity index (χ1v) is 5.74. The van der Waals surface area contributed by atoms with Crippen LogP contribution in [0.15, 0.2) is 18.2 Å². The molecule has 0 saturated carbocycles. The van der Waals surface area contributed by atoms with Crippen LogP contribution in [0.2, 0.25) is 0 Å². The quantitative estimate of drug-likeness (QED) is 0.793. The zero-order chi connectivity index (χ0) is 12.7. The van der Waals surface area contributed by atoms with E-state index in [4.69, 9.17) is 10.4 Å². The van der Waals surface area contributed by atoms with Crippen molar-refractivity contribution >= 4 is 0 Å². The molecule has 0 heterocycles. The van der Waals surface area contributed by atoms with Crippen molar-refractivity contribution in [3.63, 3.8) is 0 Å². The highest BCUT2D eigenvalue weighted by atomic mass is 19.1. The number of halogens is 1. The fraction of sp³-hybridized carbons (Fsp3) is 0.462. The average Bonchev–Trinajstić information content (AvgIpc) is 2.34. The van der Waals surface area contributed by atoms with E-state index in [1.807, 2.05) is 13.0 Å². The van der Waals surface area contributed by atoms with E-state index in [1.54, 1.807) is 0 Å². The highest BCUT2D eigenvalue weighted by molar-refractivity contribution is 5.37. The van der Waals surface area contributed by atoms with Crippen LogP contribution in [0.1, 0.15) is 30.9 Å². The summed E-state index contributed by atoms with van der Waals surface area (Å²) in [6, 6.07) is 6.37. The van der Waals surface area contributed by atoms with Crippen LogP contribution in [-0.2, 0) is 6.54 Å². The van der Waals surface area contributed by atoms with Gasteiger partial charge in [0.25, 0.3) is 0 Å². The van der Waals surface area contributed by atoms with Gasteiger partial charge in [-0.2, -0.15) is 5.26 Å². The second-order valence-corrected chi connectivity index (χ2v) is 3.91. The van der Waals surface area contributed by atoms with Gasteiger partial charge in [0.05, 0.1) is 11.6 Å². The van der Waals surface area contributed by atoms with E-state index in [-0.39, 0.29) is 18.5 Å². The van der Waals surface area contributed by atoms with Crippen molar-refractivity contribution < 1.29 is 9.50 Å². The van der Waals surface area contributed by atoms with E-state index >= 15 is 0 Å². The van der Waals surface area contributed by atoms with Crippen LogP contribution >= 0.6 is 0 Å². The number of aliphatic hydroxyl groups excluding tert-OH is 1. The van der Waals surface area contributed by atoms with Gasteiger partial charge in [-0.1, -0.05) is 6.92 Å². The summed E-state index contributed by atoms with van der Waals surface area (Å²) in [5.41, 5.74) is 1.14. The second kappa shape index (κ2) is 7.00. The average molecular weight is 236 g/mol. The summed E-state index contributed by atoms with van der Waals surface area (Å²) in [6.07, 6.45) is 1.55. The lowest BCUT2D eigenvalue weighted by Gasteiger charge is -2.16. The lowest BCUT2D eigenvalue weighted by atomic mass is 10.1. The number of hydrogen-bond donors (Lipinski definition) is 2. The summed E-state index contributed by atoms with van der Waals surface area (Å²) in [4.78, 5) is 0. The van der Waals surface area contributed by atoms with E-state index in [9.17, 15) is 4.39 Å². The Morgan fingerprint density at radius 2 is 2.29 bits per heavy atom. The first kappa shape index (κ1) is 13.6. The molecule has 0 spiro atoms. The van der Waals surface area contributed by atoms with E-state index in [1.165, 1.54) is 18.2 Å². The normalized spacial score (nSPS) is 12.1. The van der Waals surface area contributed by atoms with Gasteiger partial charge in [0, 0.05) is 19.2 Å². The number of aliphatic hydroxyl groups is 1. The molecule has 92 valence electrons. The topological polar surface area (TPSA) is 56.0 Å². The number of rotatable bonds is 6. The summed E-state index contributed by atoms with van der Waals surface area (Å²) in [7, 11) is 0. The van der Waals surface area contributed by atoms with Gasteiger partial charge in [-0.05, 0) is 36.6 Å². The van der Waals surface area contributed by atoms with Crippen LogP contribution in [0.4, 0.5) is 4.39 Å². The Morgan fingerprint density at radius 3 is 2.88 bits per heavy atom. The molecule has 0 aliphatic rings. The van der Waals surface area contributed by atoms with Gasteiger partial charge in [0.15, 0.2) is 0 Å². The SMILES string of the molecule is CCC(CCO)NCc1cc(F)ccc1C#N. The number of nitrogens with zero attached hydrogens (tertiary/aromatic N) is 1. The Labute approximate surface area is 101 Å². The van der Waals surface area contributed by atoms with Crippen molar-refractivity contribution in [2.24, 2.45) is 0 Å². The fourth-order valence-electron chi connectivity index (χ4n) is 1.68. The molecular weight excluding hydrogens is 219 g/mol. The molecule has 0 bridgehead atoms. The molecule has 17 heavy (non-hydrogen) atoms. The molecule has 4 heteroatoms. The molecule has 1 unspecified atom stereocenters. The monoisotopic (exact) mass is 236 g/mol. The van der Waals surface area contributed by atoms with Crippen molar-refractivity contribution in [2.75, 3.05) is 6.61 Å². The van der Waals surface area contributed by atoms with Crippen LogP contribution in [0.3, 0.4) is 0 Å². The lowest BCUT2D eigenvalue weighted by Crippen LogP contribution is -2.29. The minimum absolute atomic E-state index is 0.125. The maximum Gasteiger partial charge on any atom is 0.123 e. The first-order valence-electron chi connectivity index (χ1n) is 5.74. The summed E-state index contributed by atoms with van der Waals surface area (Å²) in [5.74, 6) is -0.337. The summed E-state index contributed by atoms with van der Waals surface area (Å²) >= 11 is 0. The molecule has 1 rings (SSSR count). The number of nitrogens with one attached hydrogen (secondary N) is 1. The fourth-order valence-corrected chi connectivity index (χ4v) is 1.68. The predicted molar refractivity (Wildman–Crippen MR) is 63.7 cm³/mol. The van der Waals surface area contributed by atoms with Gasteiger partial charge in [-0.25, -0.2) is 4.39 Å². The zero-order valence-electron chi connectivity index (χ0n) is 9.91. The third-order valence-electron chi connectivity index (χ3n) is 2.74. The molecule has 0 aliphatic heterocycles. The summed E-state index contributed by atoms with van der Waals surface area (Å²) in [6.45, 7) is 2.59. The molecule has 2 N–H and O–H groups in total. The Morgan fingerprint density at radius 1 is 1.53 bits per heavy atom. The molecule has 0 saturated heterocycles. The van der Waals surface area contributed by atoms with Crippen molar-refractivity contribution in [3.05, 3.63) is 35.1 Å². The minimum atomic E-state index is -0.337. The molecule has 0 fully saturated rings. The van der Waals surface area contributed by atoms with Crippen molar-refractivity contribution in [2.45, 2.75) is 32.4 Å². The molecule has 0 radical (unpaired) electrons. The van der Waals surface area contributed by atoms with Crippen molar-refractivity contribution in [1.29, 1.82) is 5.26 Å². The van der Waals surface area contributed by atoms with E-state index in [2.05, 4.69) is 5.32 Å². The number of nitriles is 1. The van der Waals surface area contributed by atoms with E-state index in [0.29, 0.717) is 24.1 Å². The third kappa shape index (κ3) is 4.14. The summed E-state index contributed by atoms with van der Waals surface area (Å²) in [5, 5.41) is 21.0. The first-order chi connectivity index (χ1) is 8.21. The van der Waals surface area contributed by atoms with E-state index < -0.39 is 0 Å². The maximum absolute atomic E-state index is 13.1. The van der Waals surface area contributed by atoms with Gasteiger partial charge >= 0.3 is 0 Å². The Balaban J connectivity index is 2.68. The van der Waals surface area contributed by atoms with E-state index in [0.717, 1.165) is 6.42 Å². The van der Waals surface area contributed by atoms with Gasteiger partial charge in [0.1, 0.15) is 5.82 Å². The molecule has 3 nitrogen and oxygen atoms in total. The zero-order valence-corrected chi connectivity index (χ0v) is 9.91. The van der Waals surface area contributed by atoms with Crippen LogP contribution in [0.5, 0.6) is 0 Å². The van der Waals surface area contributed by atoms with Crippen LogP contribution < -0.4 is 5.32 Å². The molecule has 0 amide bonds. The van der Waals surface area contributed by atoms with Gasteiger partial charge in [-0.3, -0.25) is 0 Å². The summed E-state index contributed by atoms with van der Waals surface area (Å²) < 4.78 is 13.1. The largest absolute Gasteiger partial charge is 0.396 e. The van der Waals surface area contributed by atoms with Crippen LogP contribution in [0.25, 0.3) is 0 Å². The number of benzene rings is 1. The highest BCUT2D eigenvalue weighted by Gasteiger charge is 2.08. The number of hydrogen-bond acceptors (Lipinski definition) is 3. The molecule has 1 aromatic rings. The Kier molecular flexibility index (Phi) is 5.61. The van der Waals surface area contributed by atoms with Crippen LogP contribution in [0, 0.1) is 17.1 Å². The molecule has 1 atom stereocenters. The highest BCUT2D eigenvalue weighted by Crippen LogP contribution is 2.11.